The molecule has 6 heteroatoms. The Hall–Kier alpha value is -2.63. The van der Waals surface area contributed by atoms with Gasteiger partial charge in [0.25, 0.3) is 0 Å². The Labute approximate surface area is 103 Å². The third-order valence-electron chi connectivity index (χ3n) is 2.69. The Morgan fingerprint density at radius 1 is 1.22 bits per heavy atom. The summed E-state index contributed by atoms with van der Waals surface area (Å²) in [7, 11) is 1.53. The second-order valence-corrected chi connectivity index (χ2v) is 3.73. The summed E-state index contributed by atoms with van der Waals surface area (Å²) in [5.41, 5.74) is 6.70. The van der Waals surface area contributed by atoms with Crippen LogP contribution in [0.4, 0.5) is 5.82 Å². The number of fused-ring (bicyclic) bond motifs is 1. The first-order valence-electron chi connectivity index (χ1n) is 5.39. The molecule has 0 saturated carbocycles. The molecular formula is C12H11N5O. The van der Waals surface area contributed by atoms with Crippen LogP contribution in [0.2, 0.25) is 0 Å². The summed E-state index contributed by atoms with van der Waals surface area (Å²) in [6.07, 6.45) is 3.16. The Morgan fingerprint density at radius 3 is 2.89 bits per heavy atom. The van der Waals surface area contributed by atoms with Gasteiger partial charge in [0, 0.05) is 5.39 Å². The fraction of sp³-hybridized carbons (Fsp3) is 0.0833. The van der Waals surface area contributed by atoms with E-state index in [1.165, 1.54) is 13.4 Å². The number of nitrogens with two attached hydrogens (primary N) is 1. The molecule has 0 aliphatic heterocycles. The number of para-hydroxylation sites is 1. The van der Waals surface area contributed by atoms with E-state index in [0.29, 0.717) is 17.4 Å². The normalized spacial score (nSPS) is 10.7. The quantitative estimate of drug-likeness (QED) is 0.733. The van der Waals surface area contributed by atoms with Crippen molar-refractivity contribution in [1.82, 2.24) is 19.7 Å². The van der Waals surface area contributed by atoms with Crippen molar-refractivity contribution in [3.05, 3.63) is 36.8 Å². The van der Waals surface area contributed by atoms with Gasteiger partial charge in [0.15, 0.2) is 5.82 Å². The van der Waals surface area contributed by atoms with Crippen molar-refractivity contribution < 1.29 is 4.74 Å². The van der Waals surface area contributed by atoms with Gasteiger partial charge in [-0.25, -0.2) is 14.6 Å². The highest BCUT2D eigenvalue weighted by atomic mass is 16.5. The Bertz CT molecular complexity index is 707. The van der Waals surface area contributed by atoms with Crippen molar-refractivity contribution in [3.63, 3.8) is 0 Å². The molecule has 2 N–H and O–H groups in total. The number of ether oxygens (including phenoxy) is 1. The maximum atomic E-state index is 5.76. The van der Waals surface area contributed by atoms with Crippen LogP contribution in [0.5, 0.6) is 5.75 Å². The molecule has 0 aliphatic carbocycles. The predicted molar refractivity (Wildman–Crippen MR) is 67.6 cm³/mol. The van der Waals surface area contributed by atoms with E-state index in [9.17, 15) is 0 Å². The van der Waals surface area contributed by atoms with Gasteiger partial charge in [-0.2, -0.15) is 5.10 Å². The number of aromatic nitrogens is 4. The van der Waals surface area contributed by atoms with Crippen molar-refractivity contribution in [3.8, 4) is 11.6 Å². The van der Waals surface area contributed by atoms with Crippen LogP contribution < -0.4 is 10.5 Å². The number of rotatable bonds is 2. The lowest BCUT2D eigenvalue weighted by Crippen LogP contribution is -2.06. The Kier molecular flexibility index (Phi) is 2.33. The van der Waals surface area contributed by atoms with Gasteiger partial charge in [0.1, 0.15) is 6.33 Å². The summed E-state index contributed by atoms with van der Waals surface area (Å²) in [5.74, 6) is 1.25. The SMILES string of the molecule is COc1c(N)ncnc1-n1ncc2ccccc21. The van der Waals surface area contributed by atoms with Crippen molar-refractivity contribution >= 4 is 16.7 Å². The summed E-state index contributed by atoms with van der Waals surface area (Å²) in [6, 6.07) is 7.84. The second kappa shape index (κ2) is 3.99. The lowest BCUT2D eigenvalue weighted by molar-refractivity contribution is 0.410. The van der Waals surface area contributed by atoms with E-state index in [1.54, 1.807) is 10.9 Å². The minimum absolute atomic E-state index is 0.294. The van der Waals surface area contributed by atoms with Crippen molar-refractivity contribution in [2.75, 3.05) is 12.8 Å². The Balaban J connectivity index is 2.30. The molecule has 1 aromatic carbocycles. The number of hydrogen-bond acceptors (Lipinski definition) is 5. The molecule has 0 fully saturated rings. The largest absolute Gasteiger partial charge is 0.490 e. The lowest BCUT2D eigenvalue weighted by atomic mass is 10.2. The van der Waals surface area contributed by atoms with Crippen LogP contribution in [0.25, 0.3) is 16.7 Å². The molecule has 0 spiro atoms. The van der Waals surface area contributed by atoms with Crippen molar-refractivity contribution in [2.24, 2.45) is 0 Å². The molecule has 18 heavy (non-hydrogen) atoms. The van der Waals surface area contributed by atoms with Crippen LogP contribution >= 0.6 is 0 Å². The molecule has 0 radical (unpaired) electrons. The number of benzene rings is 1. The molecule has 0 bridgehead atoms. The van der Waals surface area contributed by atoms with E-state index in [2.05, 4.69) is 15.1 Å². The van der Waals surface area contributed by atoms with Crippen LogP contribution in [-0.4, -0.2) is 26.9 Å². The van der Waals surface area contributed by atoms with E-state index in [4.69, 9.17) is 10.5 Å². The highest BCUT2D eigenvalue weighted by Crippen LogP contribution is 2.27. The van der Waals surface area contributed by atoms with Gasteiger partial charge in [-0.15, -0.1) is 0 Å². The highest BCUT2D eigenvalue weighted by molar-refractivity contribution is 5.80. The molecule has 0 atom stereocenters. The van der Waals surface area contributed by atoms with Gasteiger partial charge in [0.05, 0.1) is 18.8 Å². The summed E-state index contributed by atoms with van der Waals surface area (Å²) >= 11 is 0. The van der Waals surface area contributed by atoms with E-state index in [1.807, 2.05) is 24.3 Å². The monoisotopic (exact) mass is 241 g/mol. The molecule has 6 nitrogen and oxygen atoms in total. The zero-order valence-electron chi connectivity index (χ0n) is 9.74. The fourth-order valence-electron chi connectivity index (χ4n) is 1.86. The van der Waals surface area contributed by atoms with Crippen LogP contribution in [0.3, 0.4) is 0 Å². The number of nitrogens with zero attached hydrogens (tertiary/aromatic N) is 4. The van der Waals surface area contributed by atoms with E-state index >= 15 is 0 Å². The van der Waals surface area contributed by atoms with Gasteiger partial charge in [-0.1, -0.05) is 18.2 Å². The molecule has 0 aliphatic rings. The standard InChI is InChI=1S/C12H11N5O/c1-18-10-11(13)14-7-15-12(10)17-9-5-3-2-4-8(9)6-16-17/h2-7H,1H3,(H2,13,14,15). The highest BCUT2D eigenvalue weighted by Gasteiger charge is 2.14. The summed E-state index contributed by atoms with van der Waals surface area (Å²) in [4.78, 5) is 8.09. The maximum Gasteiger partial charge on any atom is 0.206 e. The minimum atomic E-state index is 0.294. The van der Waals surface area contributed by atoms with E-state index in [0.717, 1.165) is 10.9 Å². The van der Waals surface area contributed by atoms with Crippen LogP contribution in [0.15, 0.2) is 36.8 Å². The van der Waals surface area contributed by atoms with E-state index in [-0.39, 0.29) is 0 Å². The van der Waals surface area contributed by atoms with Gasteiger partial charge >= 0.3 is 0 Å². The summed E-state index contributed by atoms with van der Waals surface area (Å²) in [5, 5.41) is 5.33. The Morgan fingerprint density at radius 2 is 2.06 bits per heavy atom. The van der Waals surface area contributed by atoms with Gasteiger partial charge in [-0.05, 0) is 6.07 Å². The molecule has 0 saturated heterocycles. The maximum absolute atomic E-state index is 5.76. The van der Waals surface area contributed by atoms with Gasteiger partial charge in [-0.3, -0.25) is 0 Å². The van der Waals surface area contributed by atoms with Crippen LogP contribution in [-0.2, 0) is 0 Å². The van der Waals surface area contributed by atoms with Crippen LogP contribution in [0.1, 0.15) is 0 Å². The van der Waals surface area contributed by atoms with Gasteiger partial charge < -0.3 is 10.5 Å². The molecule has 3 rings (SSSR count). The van der Waals surface area contributed by atoms with Crippen molar-refractivity contribution in [1.29, 1.82) is 0 Å². The minimum Gasteiger partial charge on any atom is -0.490 e. The van der Waals surface area contributed by atoms with Gasteiger partial charge in [0.2, 0.25) is 11.6 Å². The first kappa shape index (κ1) is 10.5. The second-order valence-electron chi connectivity index (χ2n) is 3.73. The average Bonchev–Trinajstić information content (AvgIpc) is 2.82. The topological polar surface area (TPSA) is 78.9 Å². The predicted octanol–water partition coefficient (Wildman–Crippen LogP) is 1.41. The third kappa shape index (κ3) is 1.46. The first-order chi connectivity index (χ1) is 8.81. The van der Waals surface area contributed by atoms with Crippen LogP contribution in [0, 0.1) is 0 Å². The molecule has 90 valence electrons. The average molecular weight is 241 g/mol. The zero-order chi connectivity index (χ0) is 12.5. The summed E-state index contributed by atoms with van der Waals surface area (Å²) < 4.78 is 6.92. The first-order valence-corrected chi connectivity index (χ1v) is 5.39. The van der Waals surface area contributed by atoms with Crippen molar-refractivity contribution in [2.45, 2.75) is 0 Å². The molecule has 2 aromatic heterocycles. The molecular weight excluding hydrogens is 230 g/mol. The number of methoxy groups -OCH3 is 1. The number of nitrogen functional groups attached to an aromatic ring is 1. The smallest absolute Gasteiger partial charge is 0.206 e. The lowest BCUT2D eigenvalue weighted by Gasteiger charge is -2.09. The molecule has 0 amide bonds. The molecule has 3 aromatic rings. The number of anilines is 1. The fourth-order valence-corrected chi connectivity index (χ4v) is 1.86. The molecule has 2 heterocycles. The van der Waals surface area contributed by atoms with E-state index < -0.39 is 0 Å². The number of hydrogen-bond donors (Lipinski definition) is 1. The zero-order valence-corrected chi connectivity index (χ0v) is 9.74. The third-order valence-corrected chi connectivity index (χ3v) is 2.69. The molecule has 0 unspecified atom stereocenters. The summed E-state index contributed by atoms with van der Waals surface area (Å²) in [6.45, 7) is 0.